The molecule has 3 saturated heterocycles. The van der Waals surface area contributed by atoms with Crippen molar-refractivity contribution in [3.8, 4) is 0 Å². The number of urea groups is 1. The average molecular weight is 469 g/mol. The topological polar surface area (TPSA) is 73.0 Å². The van der Waals surface area contributed by atoms with Gasteiger partial charge in [0, 0.05) is 38.5 Å². The molecule has 0 bridgehead atoms. The van der Waals surface area contributed by atoms with Gasteiger partial charge in [0.15, 0.2) is 0 Å². The highest BCUT2D eigenvalue weighted by Gasteiger charge is 2.56. The van der Waals surface area contributed by atoms with E-state index in [1.54, 1.807) is 0 Å². The Kier molecular flexibility index (Phi) is 7.91. The van der Waals surface area contributed by atoms with Crippen molar-refractivity contribution < 1.29 is 14.4 Å². The van der Waals surface area contributed by atoms with Gasteiger partial charge in [-0.1, -0.05) is 44.2 Å². The molecule has 3 aliphatic heterocycles. The lowest BCUT2D eigenvalue weighted by atomic mass is 9.73. The molecule has 0 radical (unpaired) electrons. The number of likely N-dealkylation sites (tertiary alicyclic amines) is 2. The molecule has 34 heavy (non-hydrogen) atoms. The van der Waals surface area contributed by atoms with Crippen molar-refractivity contribution in [3.05, 3.63) is 35.9 Å². The Labute approximate surface area is 203 Å². The Balaban J connectivity index is 1.51. The lowest BCUT2D eigenvalue weighted by Crippen LogP contribution is -2.58. The van der Waals surface area contributed by atoms with Gasteiger partial charge in [-0.15, -0.1) is 0 Å². The molecule has 0 aromatic heterocycles. The van der Waals surface area contributed by atoms with Crippen LogP contribution in [0.15, 0.2) is 30.3 Å². The Bertz CT molecular complexity index is 858. The summed E-state index contributed by atoms with van der Waals surface area (Å²) in [5, 5.41) is 3.17. The van der Waals surface area contributed by atoms with E-state index in [4.69, 9.17) is 0 Å². The number of nitrogens with zero attached hydrogens (tertiary/aromatic N) is 3. The summed E-state index contributed by atoms with van der Waals surface area (Å²) in [5.41, 5.74) is 0.112. The third kappa shape index (κ3) is 4.99. The number of rotatable bonds is 9. The number of piperidine rings is 1. The summed E-state index contributed by atoms with van der Waals surface area (Å²) >= 11 is 0. The number of benzene rings is 1. The van der Waals surface area contributed by atoms with E-state index in [1.165, 1.54) is 17.7 Å². The third-order valence-corrected chi connectivity index (χ3v) is 8.20. The average Bonchev–Trinajstić information content (AvgIpc) is 3.46. The molecular formula is C27H40N4O3. The summed E-state index contributed by atoms with van der Waals surface area (Å²) < 4.78 is 0. The van der Waals surface area contributed by atoms with Gasteiger partial charge in [-0.25, -0.2) is 4.79 Å². The van der Waals surface area contributed by atoms with Crippen LogP contribution in [0.3, 0.4) is 0 Å². The van der Waals surface area contributed by atoms with Crippen LogP contribution < -0.4 is 5.32 Å². The second kappa shape index (κ2) is 10.9. The largest absolute Gasteiger partial charge is 0.342 e. The zero-order valence-electron chi connectivity index (χ0n) is 20.8. The molecule has 0 saturated carbocycles. The van der Waals surface area contributed by atoms with E-state index in [2.05, 4.69) is 24.1 Å². The number of carbonyl (C=O) groups is 3. The molecule has 1 aromatic carbocycles. The molecule has 1 N–H and O–H groups in total. The Morgan fingerprint density at radius 1 is 1.00 bits per heavy atom. The number of hydrogen-bond donors (Lipinski definition) is 1. The number of hydrogen-bond acceptors (Lipinski definition) is 4. The van der Waals surface area contributed by atoms with Crippen molar-refractivity contribution in [1.29, 1.82) is 0 Å². The van der Waals surface area contributed by atoms with Gasteiger partial charge in [-0.2, -0.15) is 0 Å². The van der Waals surface area contributed by atoms with Gasteiger partial charge >= 0.3 is 6.03 Å². The van der Waals surface area contributed by atoms with Crippen LogP contribution in [0, 0.1) is 11.8 Å². The van der Waals surface area contributed by atoms with Crippen LogP contribution in [0.4, 0.5) is 4.79 Å². The van der Waals surface area contributed by atoms with Gasteiger partial charge in [-0.3, -0.25) is 14.5 Å². The third-order valence-electron chi connectivity index (χ3n) is 8.20. The van der Waals surface area contributed by atoms with E-state index in [0.29, 0.717) is 26.1 Å². The number of imide groups is 1. The van der Waals surface area contributed by atoms with E-state index in [9.17, 15) is 14.4 Å². The van der Waals surface area contributed by atoms with Crippen LogP contribution in [0.5, 0.6) is 0 Å². The van der Waals surface area contributed by atoms with Gasteiger partial charge in [0.05, 0.1) is 0 Å². The van der Waals surface area contributed by atoms with Gasteiger partial charge in [0.1, 0.15) is 5.54 Å². The fourth-order valence-electron chi connectivity index (χ4n) is 6.04. The molecule has 1 atom stereocenters. The maximum atomic E-state index is 13.9. The maximum absolute atomic E-state index is 13.9. The van der Waals surface area contributed by atoms with Crippen molar-refractivity contribution in [2.45, 2.75) is 64.3 Å². The van der Waals surface area contributed by atoms with E-state index in [-0.39, 0.29) is 29.7 Å². The summed E-state index contributed by atoms with van der Waals surface area (Å²) in [7, 11) is 0. The number of nitrogens with one attached hydrogen (secondary N) is 1. The predicted molar refractivity (Wildman–Crippen MR) is 132 cm³/mol. The molecule has 4 rings (SSSR count). The molecule has 0 unspecified atom stereocenters. The molecule has 0 spiro atoms. The number of carbonyl (C=O) groups excluding carboxylic acids is 3. The molecule has 3 aliphatic rings. The van der Waals surface area contributed by atoms with Crippen molar-refractivity contribution in [2.24, 2.45) is 11.8 Å². The lowest BCUT2D eigenvalue weighted by Gasteiger charge is -2.41. The fourth-order valence-corrected chi connectivity index (χ4v) is 6.04. The standard InChI is InChI=1S/C27H40N4O3/c1-3-22(4-2)24(32)30-16-12-23(13-17-30)27(20-21-10-6-5-7-11-21)25(33)31(26(34)28-27)19-18-29-14-8-9-15-29/h5-7,10-11,22-23H,3-4,8-9,12-20H2,1-2H3,(H,28,34)/t27-/m0/s1. The fraction of sp³-hybridized carbons (Fsp3) is 0.667. The lowest BCUT2D eigenvalue weighted by molar-refractivity contribution is -0.139. The predicted octanol–water partition coefficient (Wildman–Crippen LogP) is 3.29. The first-order chi connectivity index (χ1) is 16.5. The minimum absolute atomic E-state index is 0.00620. The smallest absolute Gasteiger partial charge is 0.325 e. The van der Waals surface area contributed by atoms with Gasteiger partial charge in [0.2, 0.25) is 5.91 Å². The summed E-state index contributed by atoms with van der Waals surface area (Å²) in [6.07, 6.45) is 6.03. The SMILES string of the molecule is CCC(CC)C(=O)N1CCC([C@]2(Cc3ccccc3)NC(=O)N(CCN3CCCC3)C2=O)CC1. The van der Waals surface area contributed by atoms with Crippen LogP contribution in [-0.2, 0) is 16.0 Å². The number of amides is 4. The van der Waals surface area contributed by atoms with Crippen LogP contribution in [-0.4, -0.2) is 77.4 Å². The summed E-state index contributed by atoms with van der Waals surface area (Å²) in [6.45, 7) is 8.69. The van der Waals surface area contributed by atoms with E-state index >= 15 is 0 Å². The summed E-state index contributed by atoms with van der Waals surface area (Å²) in [5.74, 6) is 0.218. The summed E-state index contributed by atoms with van der Waals surface area (Å²) in [4.78, 5) is 45.7. The van der Waals surface area contributed by atoms with Crippen molar-refractivity contribution >= 4 is 17.8 Å². The first kappa shape index (κ1) is 24.7. The Hall–Kier alpha value is -2.41. The van der Waals surface area contributed by atoms with Crippen LogP contribution in [0.1, 0.15) is 57.9 Å². The van der Waals surface area contributed by atoms with E-state index in [0.717, 1.165) is 50.9 Å². The molecule has 7 nitrogen and oxygen atoms in total. The van der Waals surface area contributed by atoms with E-state index < -0.39 is 5.54 Å². The van der Waals surface area contributed by atoms with Gasteiger partial charge in [-0.05, 0) is 63.1 Å². The normalized spacial score (nSPS) is 24.3. The summed E-state index contributed by atoms with van der Waals surface area (Å²) in [6, 6.07) is 9.71. The monoisotopic (exact) mass is 468 g/mol. The second-order valence-corrected chi connectivity index (χ2v) is 10.2. The molecule has 0 aliphatic carbocycles. The van der Waals surface area contributed by atoms with Crippen LogP contribution in [0.25, 0.3) is 0 Å². The highest BCUT2D eigenvalue weighted by Crippen LogP contribution is 2.37. The van der Waals surface area contributed by atoms with E-state index in [1.807, 2.05) is 35.2 Å². The zero-order chi connectivity index (χ0) is 24.1. The molecule has 7 heteroatoms. The van der Waals surface area contributed by atoms with Gasteiger partial charge < -0.3 is 15.1 Å². The maximum Gasteiger partial charge on any atom is 0.325 e. The molecule has 1 aromatic rings. The second-order valence-electron chi connectivity index (χ2n) is 10.2. The van der Waals surface area contributed by atoms with Crippen molar-refractivity contribution in [3.63, 3.8) is 0 Å². The molecule has 3 fully saturated rings. The molecule has 186 valence electrons. The highest BCUT2D eigenvalue weighted by molar-refractivity contribution is 6.07. The van der Waals surface area contributed by atoms with Crippen molar-refractivity contribution in [1.82, 2.24) is 20.0 Å². The Morgan fingerprint density at radius 2 is 1.65 bits per heavy atom. The zero-order valence-corrected chi connectivity index (χ0v) is 20.8. The minimum Gasteiger partial charge on any atom is -0.342 e. The Morgan fingerprint density at radius 3 is 2.26 bits per heavy atom. The first-order valence-electron chi connectivity index (χ1n) is 13.2. The molecule has 4 amide bonds. The van der Waals surface area contributed by atoms with Crippen molar-refractivity contribution in [2.75, 3.05) is 39.3 Å². The van der Waals surface area contributed by atoms with Crippen LogP contribution >= 0.6 is 0 Å². The van der Waals surface area contributed by atoms with Crippen LogP contribution in [0.2, 0.25) is 0 Å². The quantitative estimate of drug-likeness (QED) is 0.565. The van der Waals surface area contributed by atoms with Gasteiger partial charge in [0.25, 0.3) is 5.91 Å². The first-order valence-corrected chi connectivity index (χ1v) is 13.2. The minimum atomic E-state index is -0.937. The highest BCUT2D eigenvalue weighted by atomic mass is 16.2. The molecule has 3 heterocycles. The molecular weight excluding hydrogens is 428 g/mol.